The molecule has 1 aromatic carbocycles. The van der Waals surface area contributed by atoms with E-state index in [1.54, 1.807) is 6.33 Å². The maximum Gasteiger partial charge on any atom is 0.155 e. The molecule has 0 aliphatic rings. The van der Waals surface area contributed by atoms with Crippen LogP contribution in [0.1, 0.15) is 24.6 Å². The smallest absolute Gasteiger partial charge is 0.155 e. The van der Waals surface area contributed by atoms with Crippen molar-refractivity contribution in [3.8, 4) is 0 Å². The molecular formula is C13H13BrClN5. The van der Waals surface area contributed by atoms with Gasteiger partial charge >= 0.3 is 0 Å². The van der Waals surface area contributed by atoms with Crippen molar-refractivity contribution >= 4 is 38.6 Å². The molecular weight excluding hydrogens is 342 g/mol. The van der Waals surface area contributed by atoms with Crippen LogP contribution in [0.4, 0.5) is 0 Å². The summed E-state index contributed by atoms with van der Waals surface area (Å²) in [5.41, 5.74) is 1.96. The number of hydrogen-bond donors (Lipinski definition) is 0. The van der Waals surface area contributed by atoms with Crippen LogP contribution in [-0.2, 0) is 12.9 Å². The van der Waals surface area contributed by atoms with Gasteiger partial charge in [-0.25, -0.2) is 4.98 Å². The third kappa shape index (κ3) is 2.13. The second kappa shape index (κ2) is 5.18. The molecule has 1 atom stereocenters. The molecule has 3 rings (SSSR count). The third-order valence-corrected chi connectivity index (χ3v) is 4.08. The molecule has 0 aliphatic heterocycles. The molecule has 0 spiro atoms. The SMILES string of the molecule is CC(c1nncn1C)n1c(CCl)nc2ccc(Br)cc21. The van der Waals surface area contributed by atoms with Crippen molar-refractivity contribution in [3.63, 3.8) is 0 Å². The number of aryl methyl sites for hydroxylation is 1. The van der Waals surface area contributed by atoms with Crippen molar-refractivity contribution in [3.05, 3.63) is 40.6 Å². The third-order valence-electron chi connectivity index (χ3n) is 3.35. The van der Waals surface area contributed by atoms with Crippen LogP contribution >= 0.6 is 27.5 Å². The highest BCUT2D eigenvalue weighted by molar-refractivity contribution is 9.10. The van der Waals surface area contributed by atoms with Crippen LogP contribution in [0.15, 0.2) is 29.0 Å². The first-order valence-electron chi connectivity index (χ1n) is 6.18. The van der Waals surface area contributed by atoms with Gasteiger partial charge in [0.2, 0.25) is 0 Å². The van der Waals surface area contributed by atoms with E-state index in [4.69, 9.17) is 11.6 Å². The maximum atomic E-state index is 6.05. The molecule has 0 saturated heterocycles. The summed E-state index contributed by atoms with van der Waals surface area (Å²) in [6, 6.07) is 6.02. The van der Waals surface area contributed by atoms with Gasteiger partial charge in [-0.2, -0.15) is 0 Å². The minimum Gasteiger partial charge on any atom is -0.319 e. The quantitative estimate of drug-likeness (QED) is 0.678. The highest BCUT2D eigenvalue weighted by Crippen LogP contribution is 2.27. The van der Waals surface area contributed by atoms with Gasteiger partial charge in [0.15, 0.2) is 5.82 Å². The van der Waals surface area contributed by atoms with Crippen LogP contribution in [-0.4, -0.2) is 24.3 Å². The summed E-state index contributed by atoms with van der Waals surface area (Å²) in [4.78, 5) is 4.59. The Hall–Kier alpha value is -1.40. The molecule has 2 aromatic heterocycles. The lowest BCUT2D eigenvalue weighted by atomic mass is 10.2. The fraction of sp³-hybridized carbons (Fsp3) is 0.308. The van der Waals surface area contributed by atoms with Gasteiger partial charge in [-0.15, -0.1) is 21.8 Å². The van der Waals surface area contributed by atoms with Gasteiger partial charge in [-0.1, -0.05) is 15.9 Å². The Kier molecular flexibility index (Phi) is 3.52. The van der Waals surface area contributed by atoms with Gasteiger partial charge in [0, 0.05) is 11.5 Å². The zero-order valence-corrected chi connectivity index (χ0v) is 13.4. The highest BCUT2D eigenvalue weighted by atomic mass is 79.9. The molecule has 0 saturated carbocycles. The summed E-state index contributed by atoms with van der Waals surface area (Å²) in [5.74, 6) is 2.06. The molecule has 104 valence electrons. The number of rotatable bonds is 3. The zero-order chi connectivity index (χ0) is 14.3. The summed E-state index contributed by atoms with van der Waals surface area (Å²) in [6.07, 6.45) is 1.70. The highest BCUT2D eigenvalue weighted by Gasteiger charge is 2.20. The van der Waals surface area contributed by atoms with Crippen molar-refractivity contribution in [2.75, 3.05) is 0 Å². The molecule has 7 heteroatoms. The summed E-state index contributed by atoms with van der Waals surface area (Å²) < 4.78 is 5.03. The molecule has 0 N–H and O–H groups in total. The summed E-state index contributed by atoms with van der Waals surface area (Å²) in [6.45, 7) is 2.07. The summed E-state index contributed by atoms with van der Waals surface area (Å²) in [7, 11) is 1.93. The monoisotopic (exact) mass is 353 g/mol. The molecule has 0 fully saturated rings. The van der Waals surface area contributed by atoms with E-state index in [2.05, 4.69) is 42.6 Å². The number of benzene rings is 1. The molecule has 0 aliphatic carbocycles. The number of imidazole rings is 1. The Morgan fingerprint density at radius 1 is 1.40 bits per heavy atom. The largest absolute Gasteiger partial charge is 0.319 e. The summed E-state index contributed by atoms with van der Waals surface area (Å²) >= 11 is 9.55. The second-order valence-corrected chi connectivity index (χ2v) is 5.82. The Balaban J connectivity index is 2.23. The lowest BCUT2D eigenvalue weighted by Gasteiger charge is -2.16. The maximum absolute atomic E-state index is 6.05. The standard InChI is InChI=1S/C13H13BrClN5/c1-8(13-18-16-7-19(13)2)20-11-5-9(14)3-4-10(11)17-12(20)6-15/h3-5,7-8H,6H2,1-2H3. The van der Waals surface area contributed by atoms with Gasteiger partial charge in [0.25, 0.3) is 0 Å². The fourth-order valence-electron chi connectivity index (χ4n) is 2.43. The first-order chi connectivity index (χ1) is 9.61. The summed E-state index contributed by atoms with van der Waals surface area (Å²) in [5, 5.41) is 8.13. The van der Waals surface area contributed by atoms with Crippen molar-refractivity contribution in [2.45, 2.75) is 18.8 Å². The minimum atomic E-state index is 0.00977. The van der Waals surface area contributed by atoms with E-state index >= 15 is 0 Å². The minimum absolute atomic E-state index is 0.00977. The molecule has 0 amide bonds. The molecule has 2 heterocycles. The number of aromatic nitrogens is 5. The molecule has 5 nitrogen and oxygen atoms in total. The molecule has 1 unspecified atom stereocenters. The van der Waals surface area contributed by atoms with Crippen LogP contribution in [0, 0.1) is 0 Å². The number of hydrogen-bond acceptors (Lipinski definition) is 3. The van der Waals surface area contributed by atoms with Crippen LogP contribution in [0.25, 0.3) is 11.0 Å². The van der Waals surface area contributed by atoms with E-state index in [9.17, 15) is 0 Å². The topological polar surface area (TPSA) is 48.5 Å². The molecule has 0 bridgehead atoms. The normalized spacial score (nSPS) is 13.0. The van der Waals surface area contributed by atoms with Crippen LogP contribution < -0.4 is 0 Å². The van der Waals surface area contributed by atoms with Crippen LogP contribution in [0.2, 0.25) is 0 Å². The van der Waals surface area contributed by atoms with Gasteiger partial charge in [-0.3, -0.25) is 0 Å². The Morgan fingerprint density at radius 3 is 2.85 bits per heavy atom. The second-order valence-electron chi connectivity index (χ2n) is 4.64. The van der Waals surface area contributed by atoms with E-state index in [0.717, 1.165) is 27.2 Å². The number of halogens is 2. The van der Waals surface area contributed by atoms with Crippen molar-refractivity contribution < 1.29 is 0 Å². The number of nitrogens with zero attached hydrogens (tertiary/aromatic N) is 5. The first kappa shape index (κ1) is 13.6. The predicted molar refractivity (Wildman–Crippen MR) is 81.8 cm³/mol. The lowest BCUT2D eigenvalue weighted by molar-refractivity contribution is 0.572. The lowest BCUT2D eigenvalue weighted by Crippen LogP contribution is -2.14. The molecule has 0 radical (unpaired) electrons. The van der Waals surface area contributed by atoms with Gasteiger partial charge in [-0.05, 0) is 25.1 Å². The van der Waals surface area contributed by atoms with E-state index in [1.165, 1.54) is 0 Å². The van der Waals surface area contributed by atoms with E-state index in [0.29, 0.717) is 5.88 Å². The van der Waals surface area contributed by atoms with Gasteiger partial charge < -0.3 is 9.13 Å². The van der Waals surface area contributed by atoms with Crippen molar-refractivity contribution in [1.82, 2.24) is 24.3 Å². The van der Waals surface area contributed by atoms with Crippen molar-refractivity contribution in [1.29, 1.82) is 0 Å². The first-order valence-corrected chi connectivity index (χ1v) is 7.50. The Bertz CT molecular complexity index is 763. The number of alkyl halides is 1. The number of fused-ring (bicyclic) bond motifs is 1. The van der Waals surface area contributed by atoms with E-state index in [1.807, 2.05) is 29.8 Å². The Morgan fingerprint density at radius 2 is 2.20 bits per heavy atom. The van der Waals surface area contributed by atoms with Gasteiger partial charge in [0.05, 0.1) is 23.0 Å². The fourth-order valence-corrected chi connectivity index (χ4v) is 2.97. The van der Waals surface area contributed by atoms with E-state index < -0.39 is 0 Å². The average Bonchev–Trinajstić information content (AvgIpc) is 3.00. The average molecular weight is 355 g/mol. The Labute approximate surface area is 129 Å². The van der Waals surface area contributed by atoms with Crippen LogP contribution in [0.5, 0.6) is 0 Å². The predicted octanol–water partition coefficient (Wildman–Crippen LogP) is 3.28. The van der Waals surface area contributed by atoms with Crippen molar-refractivity contribution in [2.24, 2.45) is 7.05 Å². The molecule has 3 aromatic rings. The zero-order valence-electron chi connectivity index (χ0n) is 11.1. The van der Waals surface area contributed by atoms with E-state index in [-0.39, 0.29) is 6.04 Å². The van der Waals surface area contributed by atoms with Gasteiger partial charge in [0.1, 0.15) is 12.2 Å². The van der Waals surface area contributed by atoms with Crippen LogP contribution in [0.3, 0.4) is 0 Å². The molecule has 20 heavy (non-hydrogen) atoms.